The number of aromatic nitrogens is 2. The molecule has 0 spiro atoms. The molecule has 2 aliphatic rings. The lowest BCUT2D eigenvalue weighted by molar-refractivity contribution is 0.156. The molecule has 3 aromatic rings. The monoisotopic (exact) mass is 423 g/mol. The Kier molecular flexibility index (Phi) is 4.95. The third-order valence-corrected chi connectivity index (χ3v) is 6.87. The number of aliphatic hydroxyl groups excluding tert-OH is 1. The summed E-state index contributed by atoms with van der Waals surface area (Å²) in [5, 5.41) is 10.4. The predicted molar refractivity (Wildman–Crippen MR) is 116 cm³/mol. The highest BCUT2D eigenvalue weighted by Crippen LogP contribution is 2.53. The van der Waals surface area contributed by atoms with E-state index in [9.17, 15) is 9.50 Å². The number of hydrogen-bond acceptors (Lipinski definition) is 4. The van der Waals surface area contributed by atoms with Crippen LogP contribution in [0.1, 0.15) is 31.2 Å². The predicted octanol–water partition coefficient (Wildman–Crippen LogP) is 5.20. The molecular weight excluding hydrogens is 401 g/mol. The van der Waals surface area contributed by atoms with Crippen molar-refractivity contribution in [1.29, 1.82) is 0 Å². The van der Waals surface area contributed by atoms with E-state index in [2.05, 4.69) is 27.0 Å². The minimum absolute atomic E-state index is 0.188. The van der Waals surface area contributed by atoms with Crippen molar-refractivity contribution in [2.24, 2.45) is 5.92 Å². The lowest BCUT2D eigenvalue weighted by Gasteiger charge is -2.48. The average molecular weight is 424 g/mol. The number of fused-ring (bicyclic) bond motifs is 2. The number of halogens is 2. The molecule has 2 aromatic carbocycles. The highest BCUT2D eigenvalue weighted by Gasteiger charge is 2.53. The molecule has 5 rings (SSSR count). The van der Waals surface area contributed by atoms with E-state index in [0.29, 0.717) is 16.6 Å². The summed E-state index contributed by atoms with van der Waals surface area (Å²) in [4.78, 5) is 11.4. The highest BCUT2D eigenvalue weighted by atomic mass is 35.5. The summed E-state index contributed by atoms with van der Waals surface area (Å²) >= 11 is 6.08. The normalized spacial score (nSPS) is 25.5. The molecule has 4 nitrogen and oxygen atoms in total. The SMILES string of the molecule is OCC1CC2CCC(c3ccc(-c4cc(Cl)ccc4F)cc3)(C1)N2c1ncccn1. The molecule has 1 N–H and O–H groups in total. The van der Waals surface area contributed by atoms with E-state index in [1.54, 1.807) is 24.5 Å². The van der Waals surface area contributed by atoms with E-state index in [-0.39, 0.29) is 23.9 Å². The second-order valence-electron chi connectivity index (χ2n) is 8.33. The van der Waals surface area contributed by atoms with Gasteiger partial charge in [0.15, 0.2) is 0 Å². The lowest BCUT2D eigenvalue weighted by atomic mass is 9.77. The van der Waals surface area contributed by atoms with Crippen LogP contribution < -0.4 is 4.90 Å². The van der Waals surface area contributed by atoms with Crippen LogP contribution in [0.15, 0.2) is 60.9 Å². The van der Waals surface area contributed by atoms with Crippen molar-refractivity contribution in [3.8, 4) is 11.1 Å². The van der Waals surface area contributed by atoms with Gasteiger partial charge in [-0.1, -0.05) is 35.9 Å². The minimum Gasteiger partial charge on any atom is -0.396 e. The van der Waals surface area contributed by atoms with Gasteiger partial charge < -0.3 is 10.0 Å². The zero-order chi connectivity index (χ0) is 20.7. The summed E-state index contributed by atoms with van der Waals surface area (Å²) in [7, 11) is 0. The summed E-state index contributed by atoms with van der Waals surface area (Å²) in [6, 6.07) is 14.8. The summed E-state index contributed by atoms with van der Waals surface area (Å²) in [6.07, 6.45) is 7.37. The van der Waals surface area contributed by atoms with Gasteiger partial charge in [0.05, 0.1) is 5.54 Å². The molecule has 2 aliphatic heterocycles. The van der Waals surface area contributed by atoms with Gasteiger partial charge in [-0.3, -0.25) is 0 Å². The van der Waals surface area contributed by atoms with Crippen molar-refractivity contribution >= 4 is 17.5 Å². The number of nitrogens with zero attached hydrogens (tertiary/aromatic N) is 3. The van der Waals surface area contributed by atoms with Gasteiger partial charge in [-0.2, -0.15) is 0 Å². The maximum absolute atomic E-state index is 14.3. The van der Waals surface area contributed by atoms with Crippen molar-refractivity contribution in [2.75, 3.05) is 11.5 Å². The van der Waals surface area contributed by atoms with Crippen LogP contribution >= 0.6 is 11.6 Å². The maximum Gasteiger partial charge on any atom is 0.226 e. The van der Waals surface area contributed by atoms with Crippen LogP contribution in [0.3, 0.4) is 0 Å². The van der Waals surface area contributed by atoms with E-state index < -0.39 is 0 Å². The molecule has 0 radical (unpaired) electrons. The van der Waals surface area contributed by atoms with Gasteiger partial charge in [-0.15, -0.1) is 0 Å². The van der Waals surface area contributed by atoms with Crippen LogP contribution in [0.25, 0.3) is 11.1 Å². The summed E-state index contributed by atoms with van der Waals surface area (Å²) in [5.41, 5.74) is 2.18. The van der Waals surface area contributed by atoms with E-state index >= 15 is 0 Å². The Morgan fingerprint density at radius 1 is 1.13 bits per heavy atom. The summed E-state index contributed by atoms with van der Waals surface area (Å²) in [5.74, 6) is 0.701. The molecule has 0 aliphatic carbocycles. The molecule has 2 bridgehead atoms. The zero-order valence-electron chi connectivity index (χ0n) is 16.5. The molecule has 3 unspecified atom stereocenters. The van der Waals surface area contributed by atoms with Gasteiger partial charge in [0.25, 0.3) is 0 Å². The molecule has 3 heterocycles. The van der Waals surface area contributed by atoms with Crippen molar-refractivity contribution in [1.82, 2.24) is 9.97 Å². The third-order valence-electron chi connectivity index (χ3n) is 6.64. The Morgan fingerprint density at radius 2 is 1.90 bits per heavy atom. The topological polar surface area (TPSA) is 49.2 Å². The number of hydrogen-bond donors (Lipinski definition) is 1. The molecule has 2 fully saturated rings. The summed E-state index contributed by atoms with van der Waals surface area (Å²) in [6.45, 7) is 0.188. The Bertz CT molecular complexity index is 1050. The zero-order valence-corrected chi connectivity index (χ0v) is 17.3. The van der Waals surface area contributed by atoms with E-state index in [4.69, 9.17) is 11.6 Å². The maximum atomic E-state index is 14.3. The van der Waals surface area contributed by atoms with Crippen LogP contribution in [-0.2, 0) is 5.54 Å². The second-order valence-corrected chi connectivity index (χ2v) is 8.77. The van der Waals surface area contributed by atoms with Crippen LogP contribution in [0, 0.1) is 11.7 Å². The van der Waals surface area contributed by atoms with Crippen molar-refractivity contribution in [3.63, 3.8) is 0 Å². The van der Waals surface area contributed by atoms with Crippen LogP contribution in [0.4, 0.5) is 10.3 Å². The first-order valence-electron chi connectivity index (χ1n) is 10.3. The second kappa shape index (κ2) is 7.64. The third kappa shape index (κ3) is 3.17. The number of anilines is 1. The number of benzene rings is 2. The number of aliphatic hydroxyl groups is 1. The molecule has 0 saturated carbocycles. The van der Waals surface area contributed by atoms with Crippen molar-refractivity contribution in [2.45, 2.75) is 37.3 Å². The number of rotatable bonds is 4. The van der Waals surface area contributed by atoms with Crippen LogP contribution in [0.5, 0.6) is 0 Å². The van der Waals surface area contributed by atoms with Gasteiger partial charge in [0.1, 0.15) is 5.82 Å². The molecule has 3 atom stereocenters. The van der Waals surface area contributed by atoms with E-state index in [0.717, 1.165) is 42.8 Å². The van der Waals surface area contributed by atoms with Gasteiger partial charge in [0, 0.05) is 35.6 Å². The molecular formula is C24H23ClFN3O. The highest BCUT2D eigenvalue weighted by molar-refractivity contribution is 6.30. The van der Waals surface area contributed by atoms with Gasteiger partial charge >= 0.3 is 0 Å². The first kappa shape index (κ1) is 19.5. The van der Waals surface area contributed by atoms with E-state index in [1.165, 1.54) is 6.07 Å². The molecule has 0 amide bonds. The standard InChI is InChI=1S/C24H23ClFN3O/c25-19-6-7-22(26)21(13-19)17-2-4-18(5-3-17)24-9-8-20(12-16(14-24)15-30)29(24)23-27-10-1-11-28-23/h1-7,10-11,13,16,20,30H,8-9,12,14-15H2. The molecule has 6 heteroatoms. The fourth-order valence-corrected chi connectivity index (χ4v) is 5.54. The quantitative estimate of drug-likeness (QED) is 0.626. The first-order valence-corrected chi connectivity index (χ1v) is 10.7. The smallest absolute Gasteiger partial charge is 0.226 e. The number of piperidine rings is 1. The Labute approximate surface area is 180 Å². The molecule has 30 heavy (non-hydrogen) atoms. The Morgan fingerprint density at radius 3 is 2.63 bits per heavy atom. The van der Waals surface area contributed by atoms with Crippen LogP contribution in [-0.4, -0.2) is 27.7 Å². The van der Waals surface area contributed by atoms with Crippen molar-refractivity contribution < 1.29 is 9.50 Å². The average Bonchev–Trinajstić information content (AvgIpc) is 3.03. The fourth-order valence-electron chi connectivity index (χ4n) is 5.36. The van der Waals surface area contributed by atoms with Gasteiger partial charge in [-0.05, 0) is 67.0 Å². The first-order chi connectivity index (χ1) is 14.6. The summed E-state index contributed by atoms with van der Waals surface area (Å²) < 4.78 is 14.3. The Balaban J connectivity index is 1.57. The van der Waals surface area contributed by atoms with Gasteiger partial charge in [-0.25, -0.2) is 14.4 Å². The van der Waals surface area contributed by atoms with Crippen molar-refractivity contribution in [3.05, 3.63) is 77.3 Å². The molecule has 1 aromatic heterocycles. The molecule has 154 valence electrons. The molecule has 2 saturated heterocycles. The Hall–Kier alpha value is -2.50. The lowest BCUT2D eigenvalue weighted by Crippen LogP contribution is -2.52. The minimum atomic E-state index is -0.288. The largest absolute Gasteiger partial charge is 0.396 e. The van der Waals surface area contributed by atoms with E-state index in [1.807, 2.05) is 18.2 Å². The fraction of sp³-hybridized carbons (Fsp3) is 0.333. The van der Waals surface area contributed by atoms with Crippen LogP contribution in [0.2, 0.25) is 5.02 Å². The van der Waals surface area contributed by atoms with Gasteiger partial charge in [0.2, 0.25) is 5.95 Å².